The average Bonchev–Trinajstić information content (AvgIpc) is 2.25. The van der Waals surface area contributed by atoms with Gasteiger partial charge in [-0.05, 0) is 18.1 Å². The summed E-state index contributed by atoms with van der Waals surface area (Å²) in [7, 11) is -2.10. The highest BCUT2D eigenvalue weighted by Crippen LogP contribution is 2.19. The monoisotopic (exact) mass is 240 g/mol. The Morgan fingerprint density at radius 2 is 1.60 bits per heavy atom. The van der Waals surface area contributed by atoms with Crippen LogP contribution >= 0.6 is 0 Å². The van der Waals surface area contributed by atoms with Crippen molar-refractivity contribution in [2.45, 2.75) is 6.42 Å². The molecule has 1 saturated heterocycles. The minimum atomic E-state index is -1.05. The van der Waals surface area contributed by atoms with Crippen molar-refractivity contribution in [1.82, 2.24) is 0 Å². The molecule has 0 N–H and O–H groups in total. The molecule has 0 saturated carbocycles. The summed E-state index contributed by atoms with van der Waals surface area (Å²) >= 11 is 0. The second-order valence-corrected chi connectivity index (χ2v) is 6.66. The fourth-order valence-corrected chi connectivity index (χ4v) is 4.71. The quantitative estimate of drug-likeness (QED) is 0.751. The lowest BCUT2D eigenvalue weighted by Crippen LogP contribution is -2.16. The first-order valence-electron chi connectivity index (χ1n) is 4.81. The van der Waals surface area contributed by atoms with Crippen LogP contribution in [0.2, 0.25) is 0 Å². The summed E-state index contributed by atoms with van der Waals surface area (Å²) in [5.41, 5.74) is 0.969. The molecule has 1 aromatic carbocycles. The highest BCUT2D eigenvalue weighted by molar-refractivity contribution is 8.09. The molecule has 80 valence electrons. The van der Waals surface area contributed by atoms with E-state index in [4.69, 9.17) is 0 Å². The van der Waals surface area contributed by atoms with Crippen LogP contribution in [0.3, 0.4) is 0 Å². The van der Waals surface area contributed by atoms with Gasteiger partial charge in [-0.1, -0.05) is 30.3 Å². The second-order valence-electron chi connectivity index (χ2n) is 3.33. The van der Waals surface area contributed by atoms with Crippen molar-refractivity contribution in [2.75, 3.05) is 11.5 Å². The summed E-state index contributed by atoms with van der Waals surface area (Å²) in [5.74, 6) is 1.29. The minimum absolute atomic E-state index is 0.590. The van der Waals surface area contributed by atoms with E-state index in [9.17, 15) is 8.42 Å². The molecule has 1 aliphatic rings. The average molecular weight is 240 g/mol. The molecule has 2 atom stereocenters. The van der Waals surface area contributed by atoms with Crippen LogP contribution < -0.4 is 0 Å². The van der Waals surface area contributed by atoms with Crippen molar-refractivity contribution in [3.63, 3.8) is 0 Å². The molecule has 2 unspecified atom stereocenters. The van der Waals surface area contributed by atoms with E-state index in [0.717, 1.165) is 12.0 Å². The van der Waals surface area contributed by atoms with Gasteiger partial charge in [-0.3, -0.25) is 8.42 Å². The fourth-order valence-electron chi connectivity index (χ4n) is 1.44. The zero-order valence-corrected chi connectivity index (χ0v) is 9.85. The molecule has 0 aliphatic carbocycles. The number of benzene rings is 1. The van der Waals surface area contributed by atoms with Gasteiger partial charge in [0.25, 0.3) is 0 Å². The number of rotatable bonds is 1. The molecule has 1 fully saturated rings. The van der Waals surface area contributed by atoms with Crippen LogP contribution in [0.5, 0.6) is 0 Å². The van der Waals surface area contributed by atoms with E-state index in [0.29, 0.717) is 15.7 Å². The van der Waals surface area contributed by atoms with E-state index >= 15 is 0 Å². The largest absolute Gasteiger partial charge is 0.254 e. The molecular weight excluding hydrogens is 228 g/mol. The van der Waals surface area contributed by atoms with Crippen molar-refractivity contribution in [1.29, 1.82) is 0 Å². The zero-order chi connectivity index (χ0) is 10.7. The highest BCUT2D eigenvalue weighted by atomic mass is 32.2. The predicted molar refractivity (Wildman–Crippen MR) is 65.1 cm³/mol. The van der Waals surface area contributed by atoms with Crippen LogP contribution in [0.15, 0.2) is 34.6 Å². The summed E-state index contributed by atoms with van der Waals surface area (Å²) in [4.78, 5) is 0. The molecule has 2 nitrogen and oxygen atoms in total. The Morgan fingerprint density at radius 1 is 1.00 bits per heavy atom. The second kappa shape index (κ2) is 4.86. The van der Waals surface area contributed by atoms with Crippen LogP contribution in [0.4, 0.5) is 0 Å². The number of hydrogen-bond acceptors (Lipinski definition) is 2. The van der Waals surface area contributed by atoms with E-state index in [1.54, 1.807) is 6.08 Å². The molecule has 0 spiro atoms. The van der Waals surface area contributed by atoms with Crippen LogP contribution in [0.1, 0.15) is 12.0 Å². The van der Waals surface area contributed by atoms with Gasteiger partial charge in [-0.15, -0.1) is 0 Å². The molecular formula is C11H12O2S2. The molecule has 2 rings (SSSR count). The Hall–Kier alpha value is -0.740. The zero-order valence-electron chi connectivity index (χ0n) is 8.22. The van der Waals surface area contributed by atoms with Crippen LogP contribution in [0, 0.1) is 0 Å². The Morgan fingerprint density at radius 3 is 2.20 bits per heavy atom. The summed E-state index contributed by atoms with van der Waals surface area (Å²) in [6.45, 7) is 0. The minimum Gasteiger partial charge on any atom is -0.254 e. The third-order valence-electron chi connectivity index (χ3n) is 2.19. The summed E-state index contributed by atoms with van der Waals surface area (Å²) in [6.07, 6.45) is 2.59. The molecule has 0 amide bonds. The first kappa shape index (κ1) is 10.8. The van der Waals surface area contributed by atoms with Gasteiger partial charge in [-0.25, -0.2) is 0 Å². The summed E-state index contributed by atoms with van der Waals surface area (Å²) < 4.78 is 23.9. The molecule has 0 bridgehead atoms. The number of hydrogen-bond donors (Lipinski definition) is 0. The maximum atomic E-state index is 11.7. The third kappa shape index (κ3) is 2.63. The standard InChI is InChI=1S/C11H12O2S2/c12-14-7-4-8-15(13)11(14)9-10-5-2-1-3-6-10/h1-3,5-6,9H,4,7-8H2. The van der Waals surface area contributed by atoms with Crippen molar-refractivity contribution >= 4 is 27.7 Å². The van der Waals surface area contributed by atoms with E-state index < -0.39 is 21.6 Å². The van der Waals surface area contributed by atoms with Gasteiger partial charge < -0.3 is 0 Å². The molecule has 1 aromatic rings. The molecule has 1 aliphatic heterocycles. The fraction of sp³-hybridized carbons (Fsp3) is 0.273. The molecule has 4 heteroatoms. The highest BCUT2D eigenvalue weighted by Gasteiger charge is 2.20. The smallest absolute Gasteiger partial charge is 0.103 e. The van der Waals surface area contributed by atoms with Gasteiger partial charge in [0.1, 0.15) is 4.24 Å². The lowest BCUT2D eigenvalue weighted by Gasteiger charge is -2.12. The van der Waals surface area contributed by atoms with Crippen molar-refractivity contribution in [3.05, 3.63) is 40.1 Å². The van der Waals surface area contributed by atoms with Gasteiger partial charge in [-0.2, -0.15) is 0 Å². The van der Waals surface area contributed by atoms with Gasteiger partial charge in [0.2, 0.25) is 0 Å². The van der Waals surface area contributed by atoms with Crippen LogP contribution in [-0.2, 0) is 21.6 Å². The van der Waals surface area contributed by atoms with E-state index in [1.807, 2.05) is 30.3 Å². The van der Waals surface area contributed by atoms with E-state index in [1.165, 1.54) is 0 Å². The first-order valence-corrected chi connectivity index (χ1v) is 7.44. The third-order valence-corrected chi connectivity index (χ3v) is 5.76. The predicted octanol–water partition coefficient (Wildman–Crippen LogP) is 1.89. The Bertz CT molecular complexity index is 405. The van der Waals surface area contributed by atoms with Crippen molar-refractivity contribution < 1.29 is 8.42 Å². The topological polar surface area (TPSA) is 34.1 Å². The SMILES string of the molecule is O=S1CCCS(=O)C1=Cc1ccccc1. The Balaban J connectivity index is 2.32. The summed E-state index contributed by atoms with van der Waals surface area (Å²) in [6, 6.07) is 9.62. The summed E-state index contributed by atoms with van der Waals surface area (Å²) in [5, 5.41) is 0. The van der Waals surface area contributed by atoms with Gasteiger partial charge in [0.05, 0.1) is 21.6 Å². The van der Waals surface area contributed by atoms with Gasteiger partial charge >= 0.3 is 0 Å². The first-order chi connectivity index (χ1) is 7.27. The Kier molecular flexibility index (Phi) is 3.49. The maximum absolute atomic E-state index is 11.7. The van der Waals surface area contributed by atoms with Crippen LogP contribution in [0.25, 0.3) is 6.08 Å². The molecule has 1 heterocycles. The normalized spacial score (nSPS) is 26.3. The van der Waals surface area contributed by atoms with Gasteiger partial charge in [0.15, 0.2) is 0 Å². The molecule has 15 heavy (non-hydrogen) atoms. The lowest BCUT2D eigenvalue weighted by molar-refractivity contribution is 0.677. The molecule has 0 aromatic heterocycles. The van der Waals surface area contributed by atoms with Crippen molar-refractivity contribution in [3.8, 4) is 0 Å². The maximum Gasteiger partial charge on any atom is 0.103 e. The van der Waals surface area contributed by atoms with Crippen LogP contribution in [-0.4, -0.2) is 19.9 Å². The molecule has 0 radical (unpaired) electrons. The Labute approximate surface area is 94.3 Å². The van der Waals surface area contributed by atoms with E-state index in [-0.39, 0.29) is 0 Å². The van der Waals surface area contributed by atoms with Gasteiger partial charge in [0, 0.05) is 11.5 Å². The van der Waals surface area contributed by atoms with Crippen molar-refractivity contribution in [2.24, 2.45) is 0 Å². The van der Waals surface area contributed by atoms with E-state index in [2.05, 4.69) is 0 Å². The lowest BCUT2D eigenvalue weighted by atomic mass is 10.2.